The average molecular weight is 394 g/mol. The molecule has 3 aromatic rings. The number of nitrogens with one attached hydrogen (secondary N) is 1. The number of hydrogen-bond acceptors (Lipinski definition) is 4. The fourth-order valence-electron chi connectivity index (χ4n) is 3.39. The molecule has 5 nitrogen and oxygen atoms in total. The molecule has 1 aliphatic rings. The highest BCUT2D eigenvalue weighted by Crippen LogP contribution is 2.30. The van der Waals surface area contributed by atoms with Crippen molar-refractivity contribution in [3.05, 3.63) is 77.1 Å². The van der Waals surface area contributed by atoms with E-state index in [0.717, 1.165) is 29.9 Å². The molecular formula is C22H20ClN3O2. The van der Waals surface area contributed by atoms with E-state index < -0.39 is 0 Å². The van der Waals surface area contributed by atoms with E-state index in [-0.39, 0.29) is 5.91 Å². The topological polar surface area (TPSA) is 54.5 Å². The molecule has 0 spiro atoms. The molecular weight excluding hydrogens is 374 g/mol. The Morgan fingerprint density at radius 2 is 1.96 bits per heavy atom. The third-order valence-electron chi connectivity index (χ3n) is 4.78. The zero-order valence-corrected chi connectivity index (χ0v) is 16.2. The van der Waals surface area contributed by atoms with Crippen LogP contribution >= 0.6 is 11.6 Å². The minimum absolute atomic E-state index is 0.0776. The van der Waals surface area contributed by atoms with Crippen LogP contribution in [0.4, 0.5) is 17.1 Å². The zero-order valence-electron chi connectivity index (χ0n) is 15.5. The molecule has 1 aromatic heterocycles. The van der Waals surface area contributed by atoms with Gasteiger partial charge in [0.1, 0.15) is 11.4 Å². The number of rotatable bonds is 4. The molecule has 0 unspecified atom stereocenters. The lowest BCUT2D eigenvalue weighted by molar-refractivity contribution is 0.0980. The summed E-state index contributed by atoms with van der Waals surface area (Å²) < 4.78 is 5.16. The molecule has 0 radical (unpaired) electrons. The van der Waals surface area contributed by atoms with Gasteiger partial charge in [0.15, 0.2) is 0 Å². The minimum Gasteiger partial charge on any atom is -0.495 e. The first-order chi connectivity index (χ1) is 13.7. The third kappa shape index (κ3) is 3.66. The number of halogens is 1. The van der Waals surface area contributed by atoms with Crippen LogP contribution in [0, 0.1) is 0 Å². The van der Waals surface area contributed by atoms with E-state index in [2.05, 4.69) is 16.4 Å². The number of para-hydroxylation sites is 1. The van der Waals surface area contributed by atoms with Gasteiger partial charge in [-0.2, -0.15) is 0 Å². The lowest BCUT2D eigenvalue weighted by atomic mass is 10.0. The van der Waals surface area contributed by atoms with E-state index in [1.807, 2.05) is 35.2 Å². The number of fused-ring (bicyclic) bond motifs is 1. The first kappa shape index (κ1) is 18.3. The Balaban J connectivity index is 1.51. The summed E-state index contributed by atoms with van der Waals surface area (Å²) in [5.74, 6) is 0.541. The second kappa shape index (κ2) is 7.90. The molecule has 1 amide bonds. The van der Waals surface area contributed by atoms with Crippen molar-refractivity contribution < 1.29 is 9.53 Å². The Morgan fingerprint density at radius 3 is 2.71 bits per heavy atom. The van der Waals surface area contributed by atoms with E-state index in [0.29, 0.717) is 23.0 Å². The van der Waals surface area contributed by atoms with E-state index in [1.165, 1.54) is 5.56 Å². The highest BCUT2D eigenvalue weighted by molar-refractivity contribution is 6.32. The zero-order chi connectivity index (χ0) is 19.5. The molecule has 0 saturated carbocycles. The molecule has 2 aromatic carbocycles. The van der Waals surface area contributed by atoms with Crippen molar-refractivity contribution in [1.82, 2.24) is 4.98 Å². The van der Waals surface area contributed by atoms with Crippen LogP contribution in [0.5, 0.6) is 5.75 Å². The molecule has 0 atom stereocenters. The number of carbonyl (C=O) groups is 1. The standard InChI is InChI=1S/C22H20ClN3O2/c1-28-21-11-9-16(13-18(21)23)25-17-8-10-19(24-14-17)22(27)26-12-4-6-15-5-2-3-7-20(15)26/h2-3,5,7-11,13-14,25H,4,6,12H2,1H3. The van der Waals surface area contributed by atoms with Gasteiger partial charge in [0, 0.05) is 17.9 Å². The van der Waals surface area contributed by atoms with E-state index >= 15 is 0 Å². The Labute approximate surface area is 168 Å². The number of anilines is 3. The summed E-state index contributed by atoms with van der Waals surface area (Å²) in [4.78, 5) is 19.1. The second-order valence-electron chi connectivity index (χ2n) is 6.60. The van der Waals surface area contributed by atoms with Crippen molar-refractivity contribution in [2.45, 2.75) is 12.8 Å². The van der Waals surface area contributed by atoms with Gasteiger partial charge in [-0.3, -0.25) is 4.79 Å². The van der Waals surface area contributed by atoms with E-state index in [9.17, 15) is 4.79 Å². The van der Waals surface area contributed by atoms with Gasteiger partial charge in [-0.25, -0.2) is 4.98 Å². The molecule has 1 aliphatic heterocycles. The largest absolute Gasteiger partial charge is 0.495 e. The van der Waals surface area contributed by atoms with Crippen LogP contribution in [0.15, 0.2) is 60.8 Å². The van der Waals surface area contributed by atoms with Gasteiger partial charge in [-0.05, 0) is 54.8 Å². The fourth-order valence-corrected chi connectivity index (χ4v) is 3.65. The summed E-state index contributed by atoms with van der Waals surface area (Å²) in [6.07, 6.45) is 3.61. The summed E-state index contributed by atoms with van der Waals surface area (Å²) in [6.45, 7) is 0.710. The lowest BCUT2D eigenvalue weighted by Crippen LogP contribution is -2.35. The van der Waals surface area contributed by atoms with E-state index in [4.69, 9.17) is 16.3 Å². The van der Waals surface area contributed by atoms with E-state index in [1.54, 1.807) is 31.5 Å². The number of ether oxygens (including phenoxy) is 1. The highest BCUT2D eigenvalue weighted by Gasteiger charge is 2.23. The number of methoxy groups -OCH3 is 1. The first-order valence-electron chi connectivity index (χ1n) is 9.12. The van der Waals surface area contributed by atoms with Crippen molar-refractivity contribution in [2.24, 2.45) is 0 Å². The van der Waals surface area contributed by atoms with Gasteiger partial charge < -0.3 is 15.0 Å². The van der Waals surface area contributed by atoms with Gasteiger partial charge in [0.25, 0.3) is 5.91 Å². The Morgan fingerprint density at radius 1 is 1.14 bits per heavy atom. The molecule has 0 fully saturated rings. The monoisotopic (exact) mass is 393 g/mol. The van der Waals surface area contributed by atoms with Crippen LogP contribution in [0.3, 0.4) is 0 Å². The van der Waals surface area contributed by atoms with Gasteiger partial charge in [-0.1, -0.05) is 29.8 Å². The number of carbonyl (C=O) groups excluding carboxylic acids is 1. The predicted molar refractivity (Wildman–Crippen MR) is 112 cm³/mol. The Hall–Kier alpha value is -3.05. The Bertz CT molecular complexity index is 1000. The second-order valence-corrected chi connectivity index (χ2v) is 7.00. The van der Waals surface area contributed by atoms with Crippen molar-refractivity contribution in [1.29, 1.82) is 0 Å². The number of pyridine rings is 1. The summed E-state index contributed by atoms with van der Waals surface area (Å²) >= 11 is 6.16. The van der Waals surface area contributed by atoms with Crippen molar-refractivity contribution in [3.8, 4) is 5.75 Å². The van der Waals surface area contributed by atoms with Crippen LogP contribution in [-0.2, 0) is 6.42 Å². The summed E-state index contributed by atoms with van der Waals surface area (Å²) in [5, 5.41) is 3.75. The van der Waals surface area contributed by atoms with Gasteiger partial charge in [0.2, 0.25) is 0 Å². The normalized spacial score (nSPS) is 13.0. The molecule has 0 bridgehead atoms. The highest BCUT2D eigenvalue weighted by atomic mass is 35.5. The van der Waals surface area contributed by atoms with Crippen molar-refractivity contribution >= 4 is 34.6 Å². The number of aromatic nitrogens is 1. The maximum Gasteiger partial charge on any atom is 0.276 e. The molecule has 4 rings (SSSR count). The number of hydrogen-bond donors (Lipinski definition) is 1. The SMILES string of the molecule is COc1ccc(Nc2ccc(C(=O)N3CCCc4ccccc43)nc2)cc1Cl. The first-order valence-corrected chi connectivity index (χ1v) is 9.50. The smallest absolute Gasteiger partial charge is 0.276 e. The lowest BCUT2D eigenvalue weighted by Gasteiger charge is -2.29. The third-order valence-corrected chi connectivity index (χ3v) is 5.07. The van der Waals surface area contributed by atoms with Crippen LogP contribution < -0.4 is 15.0 Å². The van der Waals surface area contributed by atoms with Gasteiger partial charge in [0.05, 0.1) is 24.0 Å². The summed E-state index contributed by atoms with van der Waals surface area (Å²) in [7, 11) is 1.58. The quantitative estimate of drug-likeness (QED) is 0.671. The maximum atomic E-state index is 13.0. The minimum atomic E-state index is -0.0776. The number of benzene rings is 2. The predicted octanol–water partition coefficient (Wildman–Crippen LogP) is 5.08. The Kier molecular flexibility index (Phi) is 5.17. The number of amides is 1. The van der Waals surface area contributed by atoms with Gasteiger partial charge >= 0.3 is 0 Å². The molecule has 142 valence electrons. The fraction of sp³-hybridized carbons (Fsp3) is 0.182. The van der Waals surface area contributed by atoms with Crippen LogP contribution in [0.2, 0.25) is 5.02 Å². The molecule has 0 saturated heterocycles. The number of aryl methyl sites for hydroxylation is 1. The summed E-state index contributed by atoms with van der Waals surface area (Å²) in [6, 6.07) is 17.1. The van der Waals surface area contributed by atoms with Crippen molar-refractivity contribution in [3.63, 3.8) is 0 Å². The van der Waals surface area contributed by atoms with Crippen molar-refractivity contribution in [2.75, 3.05) is 23.9 Å². The molecule has 1 N–H and O–H groups in total. The molecule has 0 aliphatic carbocycles. The summed E-state index contributed by atoms with van der Waals surface area (Å²) in [5.41, 5.74) is 4.20. The average Bonchev–Trinajstić information content (AvgIpc) is 2.73. The van der Waals surface area contributed by atoms with Crippen LogP contribution in [0.1, 0.15) is 22.5 Å². The molecule has 2 heterocycles. The molecule has 28 heavy (non-hydrogen) atoms. The van der Waals surface area contributed by atoms with Crippen LogP contribution in [0.25, 0.3) is 0 Å². The molecule has 6 heteroatoms. The maximum absolute atomic E-state index is 13.0. The van der Waals surface area contributed by atoms with Gasteiger partial charge in [-0.15, -0.1) is 0 Å². The van der Waals surface area contributed by atoms with Crippen LogP contribution in [-0.4, -0.2) is 24.5 Å². The number of nitrogens with zero attached hydrogens (tertiary/aromatic N) is 2.